The molecular formula is C15H24IN3O. The van der Waals surface area contributed by atoms with Gasteiger partial charge >= 0.3 is 0 Å². The largest absolute Gasteiger partial charge is 0.496 e. The summed E-state index contributed by atoms with van der Waals surface area (Å²) in [4.78, 5) is 4.22. The number of hydrogen-bond donors (Lipinski definition) is 2. The fraction of sp³-hybridized carbons (Fsp3) is 0.533. The first-order valence-corrected chi connectivity index (χ1v) is 6.90. The number of guanidine groups is 1. The standard InChI is InChI=1S/C15H23N3O.HI/c1-16-15(18-11-12-7-8-12)17-10-9-13-5-3-4-6-14(13)19-2;/h3-6,12H,7-11H2,1-2H3,(H2,16,17,18);1H. The van der Waals surface area contributed by atoms with Crippen molar-refractivity contribution in [3.05, 3.63) is 29.8 Å². The van der Waals surface area contributed by atoms with Gasteiger partial charge in [0.05, 0.1) is 7.11 Å². The summed E-state index contributed by atoms with van der Waals surface area (Å²) in [7, 11) is 3.52. The first kappa shape index (κ1) is 17.1. The number of ether oxygens (including phenoxy) is 1. The number of para-hydroxylation sites is 1. The Morgan fingerprint density at radius 3 is 2.70 bits per heavy atom. The van der Waals surface area contributed by atoms with Gasteiger partial charge in [-0.1, -0.05) is 18.2 Å². The van der Waals surface area contributed by atoms with Crippen LogP contribution in [0, 0.1) is 5.92 Å². The minimum Gasteiger partial charge on any atom is -0.496 e. The van der Waals surface area contributed by atoms with Crippen molar-refractivity contribution in [3.63, 3.8) is 0 Å². The third kappa shape index (κ3) is 5.56. The molecule has 1 saturated carbocycles. The van der Waals surface area contributed by atoms with Crippen LogP contribution in [0.25, 0.3) is 0 Å². The molecule has 0 amide bonds. The molecule has 2 rings (SSSR count). The quantitative estimate of drug-likeness (QED) is 0.446. The van der Waals surface area contributed by atoms with Crippen LogP contribution in [0.15, 0.2) is 29.3 Å². The predicted octanol–water partition coefficient (Wildman–Crippen LogP) is 2.43. The summed E-state index contributed by atoms with van der Waals surface area (Å²) in [6.45, 7) is 1.89. The Hall–Kier alpha value is -0.980. The van der Waals surface area contributed by atoms with E-state index in [9.17, 15) is 0 Å². The average molecular weight is 389 g/mol. The number of nitrogens with zero attached hydrogens (tertiary/aromatic N) is 1. The van der Waals surface area contributed by atoms with Crippen LogP contribution in [0.1, 0.15) is 18.4 Å². The maximum absolute atomic E-state index is 5.34. The molecule has 2 N–H and O–H groups in total. The molecule has 20 heavy (non-hydrogen) atoms. The van der Waals surface area contributed by atoms with Crippen LogP contribution in [-0.2, 0) is 6.42 Å². The highest BCUT2D eigenvalue weighted by Gasteiger charge is 2.20. The monoisotopic (exact) mass is 389 g/mol. The molecule has 0 aromatic heterocycles. The fourth-order valence-electron chi connectivity index (χ4n) is 2.01. The number of aliphatic imine (C=N–C) groups is 1. The second kappa shape index (κ2) is 9.05. The molecule has 0 atom stereocenters. The summed E-state index contributed by atoms with van der Waals surface area (Å²) < 4.78 is 5.34. The third-order valence-corrected chi connectivity index (χ3v) is 3.36. The highest BCUT2D eigenvalue weighted by Crippen LogP contribution is 2.27. The molecule has 1 aromatic rings. The summed E-state index contributed by atoms with van der Waals surface area (Å²) in [5.41, 5.74) is 1.22. The Morgan fingerprint density at radius 1 is 1.30 bits per heavy atom. The lowest BCUT2D eigenvalue weighted by atomic mass is 10.1. The number of methoxy groups -OCH3 is 1. The van der Waals surface area contributed by atoms with Crippen LogP contribution < -0.4 is 15.4 Å². The number of benzene rings is 1. The van der Waals surface area contributed by atoms with Crippen LogP contribution in [0.3, 0.4) is 0 Å². The Kier molecular flexibility index (Phi) is 7.72. The predicted molar refractivity (Wildman–Crippen MR) is 94.2 cm³/mol. The molecule has 0 saturated heterocycles. The van der Waals surface area contributed by atoms with Crippen molar-refractivity contribution in [1.82, 2.24) is 10.6 Å². The molecule has 1 aliphatic rings. The minimum absolute atomic E-state index is 0. The first-order valence-electron chi connectivity index (χ1n) is 6.90. The van der Waals surface area contributed by atoms with Crippen LogP contribution in [0.2, 0.25) is 0 Å². The zero-order valence-electron chi connectivity index (χ0n) is 12.2. The topological polar surface area (TPSA) is 45.7 Å². The van der Waals surface area contributed by atoms with Crippen LogP contribution in [-0.4, -0.2) is 33.2 Å². The van der Waals surface area contributed by atoms with Crippen molar-refractivity contribution < 1.29 is 4.74 Å². The smallest absolute Gasteiger partial charge is 0.190 e. The second-order valence-electron chi connectivity index (χ2n) is 4.89. The zero-order valence-corrected chi connectivity index (χ0v) is 14.5. The van der Waals surface area contributed by atoms with Gasteiger partial charge in [-0.3, -0.25) is 4.99 Å². The van der Waals surface area contributed by atoms with Gasteiger partial charge in [0.15, 0.2) is 5.96 Å². The molecule has 0 heterocycles. The average Bonchev–Trinajstić information content (AvgIpc) is 3.27. The van der Waals surface area contributed by atoms with Crippen molar-refractivity contribution in [1.29, 1.82) is 0 Å². The summed E-state index contributed by atoms with van der Waals surface area (Å²) in [5.74, 6) is 2.69. The summed E-state index contributed by atoms with van der Waals surface area (Å²) >= 11 is 0. The van der Waals surface area contributed by atoms with E-state index in [1.807, 2.05) is 25.2 Å². The summed E-state index contributed by atoms with van der Waals surface area (Å²) in [6, 6.07) is 8.13. The molecular weight excluding hydrogens is 365 g/mol. The Bertz CT molecular complexity index is 433. The highest BCUT2D eigenvalue weighted by atomic mass is 127. The number of rotatable bonds is 6. The van der Waals surface area contributed by atoms with Gasteiger partial charge in [-0.25, -0.2) is 0 Å². The minimum atomic E-state index is 0. The summed E-state index contributed by atoms with van der Waals surface area (Å²) in [5, 5.41) is 6.69. The van der Waals surface area contributed by atoms with Gasteiger partial charge in [0, 0.05) is 20.1 Å². The number of hydrogen-bond acceptors (Lipinski definition) is 2. The van der Waals surface area contributed by atoms with E-state index in [0.29, 0.717) is 0 Å². The van der Waals surface area contributed by atoms with Crippen LogP contribution >= 0.6 is 24.0 Å². The molecule has 0 radical (unpaired) electrons. The van der Waals surface area contributed by atoms with Gasteiger partial charge in [-0.15, -0.1) is 24.0 Å². The Morgan fingerprint density at radius 2 is 2.05 bits per heavy atom. The maximum Gasteiger partial charge on any atom is 0.190 e. The van der Waals surface area contributed by atoms with Crippen molar-refractivity contribution in [2.24, 2.45) is 10.9 Å². The van der Waals surface area contributed by atoms with E-state index < -0.39 is 0 Å². The zero-order chi connectivity index (χ0) is 13.5. The van der Waals surface area contributed by atoms with Crippen molar-refractivity contribution >= 4 is 29.9 Å². The van der Waals surface area contributed by atoms with E-state index in [-0.39, 0.29) is 24.0 Å². The van der Waals surface area contributed by atoms with Gasteiger partial charge in [0.25, 0.3) is 0 Å². The van der Waals surface area contributed by atoms with Crippen molar-refractivity contribution in [2.75, 3.05) is 27.2 Å². The maximum atomic E-state index is 5.34. The SMILES string of the molecule is CN=C(NCCc1ccccc1OC)NCC1CC1.I. The lowest BCUT2D eigenvalue weighted by molar-refractivity contribution is 0.409. The van der Waals surface area contributed by atoms with Gasteiger partial charge in [-0.05, 0) is 36.8 Å². The first-order chi connectivity index (χ1) is 9.33. The molecule has 1 fully saturated rings. The van der Waals surface area contributed by atoms with E-state index in [1.54, 1.807) is 7.11 Å². The van der Waals surface area contributed by atoms with E-state index in [0.717, 1.165) is 37.1 Å². The van der Waals surface area contributed by atoms with Gasteiger partial charge in [0.2, 0.25) is 0 Å². The molecule has 1 aromatic carbocycles. The Labute approximate surface area is 138 Å². The molecule has 5 heteroatoms. The molecule has 0 aliphatic heterocycles. The number of nitrogens with one attached hydrogen (secondary N) is 2. The van der Waals surface area contributed by atoms with E-state index in [2.05, 4.69) is 21.7 Å². The van der Waals surface area contributed by atoms with Crippen molar-refractivity contribution in [3.8, 4) is 5.75 Å². The van der Waals surface area contributed by atoms with Crippen LogP contribution in [0.5, 0.6) is 5.75 Å². The molecule has 0 spiro atoms. The lowest BCUT2D eigenvalue weighted by Crippen LogP contribution is -2.39. The lowest BCUT2D eigenvalue weighted by Gasteiger charge is -2.12. The molecule has 1 aliphatic carbocycles. The van der Waals surface area contributed by atoms with Crippen LogP contribution in [0.4, 0.5) is 0 Å². The fourth-order valence-corrected chi connectivity index (χ4v) is 2.01. The van der Waals surface area contributed by atoms with Gasteiger partial charge < -0.3 is 15.4 Å². The van der Waals surface area contributed by atoms with Gasteiger partial charge in [-0.2, -0.15) is 0 Å². The summed E-state index contributed by atoms with van der Waals surface area (Å²) in [6.07, 6.45) is 3.63. The molecule has 4 nitrogen and oxygen atoms in total. The van der Waals surface area contributed by atoms with E-state index >= 15 is 0 Å². The number of halogens is 1. The second-order valence-corrected chi connectivity index (χ2v) is 4.89. The molecule has 112 valence electrons. The highest BCUT2D eigenvalue weighted by molar-refractivity contribution is 14.0. The van der Waals surface area contributed by atoms with E-state index in [1.165, 1.54) is 18.4 Å². The molecule has 0 unspecified atom stereocenters. The Balaban J connectivity index is 0.00000200. The van der Waals surface area contributed by atoms with E-state index in [4.69, 9.17) is 4.74 Å². The van der Waals surface area contributed by atoms with Crippen molar-refractivity contribution in [2.45, 2.75) is 19.3 Å². The van der Waals surface area contributed by atoms with Gasteiger partial charge in [0.1, 0.15) is 5.75 Å². The molecule has 0 bridgehead atoms. The third-order valence-electron chi connectivity index (χ3n) is 3.36. The normalized spacial score (nSPS) is 14.4.